The number of rotatable bonds is 2. The summed E-state index contributed by atoms with van der Waals surface area (Å²) < 4.78 is 39.9. The fraction of sp³-hybridized carbons (Fsp3) is 0.250. The van der Waals surface area contributed by atoms with Gasteiger partial charge in [0.1, 0.15) is 0 Å². The lowest BCUT2D eigenvalue weighted by molar-refractivity contribution is -0.137. The van der Waals surface area contributed by atoms with Crippen LogP contribution >= 0.6 is 0 Å². The lowest BCUT2D eigenvalue weighted by Crippen LogP contribution is -2.22. The molecule has 1 heterocycles. The first kappa shape index (κ1) is 12.5. The topological polar surface area (TPSA) is 26.9 Å². The van der Waals surface area contributed by atoms with Crippen LogP contribution in [0.25, 0.3) is 0 Å². The van der Waals surface area contributed by atoms with Crippen molar-refractivity contribution in [2.24, 2.45) is 7.05 Å². The molecule has 0 aliphatic heterocycles. The lowest BCUT2D eigenvalue weighted by atomic mass is 10.1. The molecule has 2 aromatic rings. The van der Waals surface area contributed by atoms with E-state index >= 15 is 0 Å². The maximum atomic E-state index is 12.4. The van der Waals surface area contributed by atoms with E-state index in [-0.39, 0.29) is 12.2 Å². The third-order valence-electron chi connectivity index (χ3n) is 2.65. The quantitative estimate of drug-likeness (QED) is 0.809. The molecule has 6 heteroatoms. The summed E-state index contributed by atoms with van der Waals surface area (Å²) in [5.41, 5.74) is -0.238. The van der Waals surface area contributed by atoms with Crippen LogP contribution in [0, 0.1) is 0 Å². The van der Waals surface area contributed by atoms with E-state index in [2.05, 4.69) is 0 Å². The number of alkyl halides is 3. The van der Waals surface area contributed by atoms with E-state index in [0.29, 0.717) is 5.56 Å². The average Bonchev–Trinajstić information content (AvgIpc) is 2.61. The Morgan fingerprint density at radius 1 is 1.11 bits per heavy atom. The molecule has 0 spiro atoms. The number of hydrogen-bond donors (Lipinski definition) is 0. The van der Waals surface area contributed by atoms with Crippen molar-refractivity contribution in [2.45, 2.75) is 12.7 Å². The van der Waals surface area contributed by atoms with Crippen molar-refractivity contribution in [3.05, 3.63) is 58.3 Å². The van der Waals surface area contributed by atoms with Crippen LogP contribution in [0.3, 0.4) is 0 Å². The standard InChI is InChI=1S/C12H11F3N2O/c1-16-6-7-17(11(16)18)8-9-2-4-10(5-3-9)12(13,14)15/h2-7H,8H2,1H3. The van der Waals surface area contributed by atoms with Gasteiger partial charge in [0, 0.05) is 19.4 Å². The molecule has 2 rings (SSSR count). The molecule has 0 aliphatic rings. The first-order valence-electron chi connectivity index (χ1n) is 5.26. The number of aromatic nitrogens is 2. The summed E-state index contributed by atoms with van der Waals surface area (Å²) in [6.07, 6.45) is -1.13. The second-order valence-corrected chi connectivity index (χ2v) is 4.01. The first-order chi connectivity index (χ1) is 8.38. The van der Waals surface area contributed by atoms with Crippen LogP contribution in [-0.2, 0) is 19.8 Å². The second-order valence-electron chi connectivity index (χ2n) is 4.01. The van der Waals surface area contributed by atoms with Crippen molar-refractivity contribution in [3.8, 4) is 0 Å². The van der Waals surface area contributed by atoms with E-state index in [1.807, 2.05) is 0 Å². The molecule has 0 amide bonds. The molecule has 0 bridgehead atoms. The fourth-order valence-electron chi connectivity index (χ4n) is 1.63. The largest absolute Gasteiger partial charge is 0.416 e. The number of imidazole rings is 1. The Balaban J connectivity index is 2.21. The molecule has 0 aliphatic carbocycles. The van der Waals surface area contributed by atoms with Gasteiger partial charge in [0.25, 0.3) is 0 Å². The third-order valence-corrected chi connectivity index (χ3v) is 2.65. The van der Waals surface area contributed by atoms with Crippen molar-refractivity contribution >= 4 is 0 Å². The van der Waals surface area contributed by atoms with Crippen LogP contribution in [0.15, 0.2) is 41.5 Å². The SMILES string of the molecule is Cn1ccn(Cc2ccc(C(F)(F)F)cc2)c1=O. The molecule has 96 valence electrons. The Morgan fingerprint density at radius 2 is 1.72 bits per heavy atom. The van der Waals surface area contributed by atoms with Crippen molar-refractivity contribution in [1.29, 1.82) is 0 Å². The predicted molar refractivity (Wildman–Crippen MR) is 60.2 cm³/mol. The van der Waals surface area contributed by atoms with E-state index in [9.17, 15) is 18.0 Å². The van der Waals surface area contributed by atoms with Crippen LogP contribution < -0.4 is 5.69 Å². The summed E-state index contributed by atoms with van der Waals surface area (Å²) in [5.74, 6) is 0. The lowest BCUT2D eigenvalue weighted by Gasteiger charge is -2.07. The van der Waals surface area contributed by atoms with E-state index < -0.39 is 11.7 Å². The highest BCUT2D eigenvalue weighted by molar-refractivity contribution is 5.24. The number of benzene rings is 1. The molecular weight excluding hydrogens is 245 g/mol. The van der Waals surface area contributed by atoms with Gasteiger partial charge >= 0.3 is 11.9 Å². The Bertz CT molecular complexity index is 593. The summed E-state index contributed by atoms with van der Waals surface area (Å²) in [6, 6.07) is 4.79. The Kier molecular flexibility index (Phi) is 3.02. The summed E-state index contributed by atoms with van der Waals surface area (Å²) in [5, 5.41) is 0. The average molecular weight is 256 g/mol. The zero-order valence-electron chi connectivity index (χ0n) is 9.61. The van der Waals surface area contributed by atoms with Crippen LogP contribution in [0.2, 0.25) is 0 Å². The zero-order valence-corrected chi connectivity index (χ0v) is 9.61. The number of aryl methyl sites for hydroxylation is 1. The van der Waals surface area contributed by atoms with Gasteiger partial charge in [-0.3, -0.25) is 4.57 Å². The zero-order chi connectivity index (χ0) is 13.3. The highest BCUT2D eigenvalue weighted by Crippen LogP contribution is 2.29. The molecule has 18 heavy (non-hydrogen) atoms. The number of halogens is 3. The monoisotopic (exact) mass is 256 g/mol. The number of hydrogen-bond acceptors (Lipinski definition) is 1. The fourth-order valence-corrected chi connectivity index (χ4v) is 1.63. The smallest absolute Gasteiger partial charge is 0.302 e. The van der Waals surface area contributed by atoms with Crippen molar-refractivity contribution in [3.63, 3.8) is 0 Å². The molecule has 0 fully saturated rings. The summed E-state index contributed by atoms with van der Waals surface area (Å²) >= 11 is 0. The van der Waals surface area contributed by atoms with Crippen LogP contribution in [0.4, 0.5) is 13.2 Å². The van der Waals surface area contributed by atoms with E-state index in [0.717, 1.165) is 12.1 Å². The predicted octanol–water partition coefficient (Wildman–Crippen LogP) is 2.25. The molecule has 0 atom stereocenters. The minimum atomic E-state index is -4.33. The van der Waals surface area contributed by atoms with Crippen molar-refractivity contribution in [1.82, 2.24) is 9.13 Å². The second kappa shape index (κ2) is 4.36. The molecule has 1 aromatic heterocycles. The van der Waals surface area contributed by atoms with Gasteiger partial charge in [-0.05, 0) is 17.7 Å². The van der Waals surface area contributed by atoms with Gasteiger partial charge < -0.3 is 4.57 Å². The maximum absolute atomic E-state index is 12.4. The molecule has 0 saturated carbocycles. The number of nitrogens with zero attached hydrogens (tertiary/aromatic N) is 2. The van der Waals surface area contributed by atoms with Crippen molar-refractivity contribution in [2.75, 3.05) is 0 Å². The maximum Gasteiger partial charge on any atom is 0.416 e. The Labute approximate surface area is 101 Å². The molecule has 0 N–H and O–H groups in total. The van der Waals surface area contributed by atoms with E-state index in [1.165, 1.54) is 21.3 Å². The van der Waals surface area contributed by atoms with Crippen LogP contribution in [0.1, 0.15) is 11.1 Å². The van der Waals surface area contributed by atoms with Crippen LogP contribution in [0.5, 0.6) is 0 Å². The first-order valence-corrected chi connectivity index (χ1v) is 5.26. The Hall–Kier alpha value is -1.98. The van der Waals surface area contributed by atoms with Gasteiger partial charge in [0.15, 0.2) is 0 Å². The van der Waals surface area contributed by atoms with Crippen LogP contribution in [-0.4, -0.2) is 9.13 Å². The van der Waals surface area contributed by atoms with Gasteiger partial charge in [0.05, 0.1) is 12.1 Å². The van der Waals surface area contributed by atoms with Gasteiger partial charge in [0.2, 0.25) is 0 Å². The highest BCUT2D eigenvalue weighted by atomic mass is 19.4. The van der Waals surface area contributed by atoms with Gasteiger partial charge in [-0.2, -0.15) is 13.2 Å². The highest BCUT2D eigenvalue weighted by Gasteiger charge is 2.29. The van der Waals surface area contributed by atoms with Gasteiger partial charge in [-0.1, -0.05) is 12.1 Å². The minimum absolute atomic E-state index is 0.199. The van der Waals surface area contributed by atoms with Gasteiger partial charge in [-0.15, -0.1) is 0 Å². The summed E-state index contributed by atoms with van der Waals surface area (Å²) in [6.45, 7) is 0.262. The third kappa shape index (κ3) is 2.47. The molecule has 1 aromatic carbocycles. The minimum Gasteiger partial charge on any atom is -0.302 e. The summed E-state index contributed by atoms with van der Waals surface area (Å²) in [7, 11) is 1.62. The van der Waals surface area contributed by atoms with E-state index in [4.69, 9.17) is 0 Å². The molecule has 0 radical (unpaired) electrons. The molecular formula is C12H11F3N2O. The summed E-state index contributed by atoms with van der Waals surface area (Å²) in [4.78, 5) is 11.5. The van der Waals surface area contributed by atoms with E-state index in [1.54, 1.807) is 19.4 Å². The Morgan fingerprint density at radius 3 is 2.17 bits per heavy atom. The van der Waals surface area contributed by atoms with Crippen molar-refractivity contribution < 1.29 is 13.2 Å². The molecule has 0 unspecified atom stereocenters. The van der Waals surface area contributed by atoms with Gasteiger partial charge in [-0.25, -0.2) is 4.79 Å². The normalized spacial score (nSPS) is 11.8. The molecule has 3 nitrogen and oxygen atoms in total. The molecule has 0 saturated heterocycles.